The van der Waals surface area contributed by atoms with E-state index < -0.39 is 0 Å². The summed E-state index contributed by atoms with van der Waals surface area (Å²) >= 11 is 5.99. The number of furan rings is 1. The minimum Gasteiger partial charge on any atom is -0.441 e. The fraction of sp³-hybridized carbons (Fsp3) is 0.448. The summed E-state index contributed by atoms with van der Waals surface area (Å²) in [5.74, 6) is 7.51. The molecule has 0 radical (unpaired) electrons. The molecule has 0 spiro atoms. The van der Waals surface area contributed by atoms with E-state index in [9.17, 15) is 4.79 Å². The summed E-state index contributed by atoms with van der Waals surface area (Å²) in [6, 6.07) is 7.32. The molecule has 4 rings (SSSR count). The average Bonchev–Trinajstić information content (AvgIpc) is 3.49. The van der Waals surface area contributed by atoms with E-state index in [2.05, 4.69) is 41.0 Å². The molecule has 194 valence electrons. The van der Waals surface area contributed by atoms with Crippen LogP contribution < -0.4 is 5.69 Å². The Bertz CT molecular complexity index is 1420. The Hall–Kier alpha value is -3.37. The highest BCUT2D eigenvalue weighted by molar-refractivity contribution is 6.30. The number of benzene rings is 1. The maximum absolute atomic E-state index is 12.8. The molecule has 0 unspecified atom stereocenters. The van der Waals surface area contributed by atoms with Crippen LogP contribution in [-0.2, 0) is 13.0 Å². The molecule has 0 aliphatic rings. The molecule has 0 saturated heterocycles. The Labute approximate surface area is 222 Å². The second-order valence-corrected chi connectivity index (χ2v) is 9.76. The fourth-order valence-corrected chi connectivity index (χ4v) is 4.37. The molecule has 0 saturated carbocycles. The van der Waals surface area contributed by atoms with Crippen LogP contribution in [0.4, 0.5) is 0 Å². The summed E-state index contributed by atoms with van der Waals surface area (Å²) in [6.45, 7) is 4.65. The minimum absolute atomic E-state index is 0.246. The van der Waals surface area contributed by atoms with Crippen LogP contribution in [0.5, 0.6) is 0 Å². The SMILES string of the molecule is CCCCCCC#Cc1c(CCCCCC)oc2nc(=O)n(Cc3cn(-c4ccc(Cl)cc4)nn3)cc12. The molecular weight excluding hydrogens is 486 g/mol. The topological polar surface area (TPSA) is 78.7 Å². The molecule has 8 heteroatoms. The molecular formula is C29H34ClN5O2. The first-order valence-corrected chi connectivity index (χ1v) is 13.7. The zero-order valence-electron chi connectivity index (χ0n) is 21.7. The standard InChI is InChI=1S/C29H34ClN5O2/c1-3-5-7-9-10-11-13-25-26-21-34(29(36)31-28(26)37-27(25)14-12-8-6-4-2)19-23-20-35(33-32-23)24-17-15-22(30)16-18-24/h15-18,20-21H,3-10,12,14,19H2,1-2H3. The van der Waals surface area contributed by atoms with Crippen LogP contribution in [0.1, 0.15) is 88.7 Å². The van der Waals surface area contributed by atoms with Crippen LogP contribution in [0.3, 0.4) is 0 Å². The van der Waals surface area contributed by atoms with Crippen molar-refractivity contribution < 1.29 is 4.42 Å². The van der Waals surface area contributed by atoms with Crippen molar-refractivity contribution in [3.63, 3.8) is 0 Å². The van der Waals surface area contributed by atoms with Gasteiger partial charge in [0, 0.05) is 24.1 Å². The van der Waals surface area contributed by atoms with Gasteiger partial charge in [0.2, 0.25) is 5.71 Å². The quantitative estimate of drug-likeness (QED) is 0.153. The average molecular weight is 520 g/mol. The van der Waals surface area contributed by atoms with Crippen LogP contribution in [0.2, 0.25) is 5.02 Å². The molecule has 37 heavy (non-hydrogen) atoms. The van der Waals surface area contributed by atoms with Gasteiger partial charge in [-0.3, -0.25) is 4.57 Å². The van der Waals surface area contributed by atoms with Gasteiger partial charge < -0.3 is 4.42 Å². The van der Waals surface area contributed by atoms with Crippen molar-refractivity contribution in [3.8, 4) is 17.5 Å². The van der Waals surface area contributed by atoms with Gasteiger partial charge in [0.25, 0.3) is 0 Å². The highest BCUT2D eigenvalue weighted by Crippen LogP contribution is 2.25. The number of nitrogens with zero attached hydrogens (tertiary/aromatic N) is 5. The van der Waals surface area contributed by atoms with Crippen LogP contribution in [-0.4, -0.2) is 24.5 Å². The van der Waals surface area contributed by atoms with Gasteiger partial charge in [0.05, 0.1) is 29.4 Å². The highest BCUT2D eigenvalue weighted by atomic mass is 35.5. The number of halogens is 1. The summed E-state index contributed by atoms with van der Waals surface area (Å²) in [4.78, 5) is 17.1. The predicted octanol–water partition coefficient (Wildman–Crippen LogP) is 6.72. The monoisotopic (exact) mass is 519 g/mol. The lowest BCUT2D eigenvalue weighted by molar-refractivity contribution is 0.515. The molecule has 0 fully saturated rings. The first-order valence-electron chi connectivity index (χ1n) is 13.3. The van der Waals surface area contributed by atoms with E-state index in [-0.39, 0.29) is 12.2 Å². The Morgan fingerprint density at radius 2 is 1.73 bits per heavy atom. The summed E-state index contributed by atoms with van der Waals surface area (Å²) in [5.41, 5.74) is 2.30. The lowest BCUT2D eigenvalue weighted by Gasteiger charge is -2.02. The van der Waals surface area contributed by atoms with Crippen LogP contribution in [0, 0.1) is 11.8 Å². The summed E-state index contributed by atoms with van der Waals surface area (Å²) in [5, 5.41) is 9.86. The van der Waals surface area contributed by atoms with Gasteiger partial charge >= 0.3 is 5.69 Å². The van der Waals surface area contributed by atoms with Crippen molar-refractivity contribution in [2.75, 3.05) is 0 Å². The van der Waals surface area contributed by atoms with E-state index in [1.807, 2.05) is 12.1 Å². The summed E-state index contributed by atoms with van der Waals surface area (Å²) in [7, 11) is 0. The van der Waals surface area contributed by atoms with E-state index in [1.54, 1.807) is 33.8 Å². The third kappa shape index (κ3) is 7.11. The van der Waals surface area contributed by atoms with Gasteiger partial charge in [-0.2, -0.15) is 4.98 Å². The second-order valence-electron chi connectivity index (χ2n) is 9.32. The number of rotatable bonds is 12. The van der Waals surface area contributed by atoms with Crippen molar-refractivity contribution in [1.82, 2.24) is 24.5 Å². The van der Waals surface area contributed by atoms with Gasteiger partial charge in [-0.25, -0.2) is 9.48 Å². The normalized spacial score (nSPS) is 11.1. The highest BCUT2D eigenvalue weighted by Gasteiger charge is 2.16. The fourth-order valence-electron chi connectivity index (χ4n) is 4.24. The molecule has 3 heterocycles. The van der Waals surface area contributed by atoms with Crippen LogP contribution in [0.25, 0.3) is 16.8 Å². The van der Waals surface area contributed by atoms with E-state index in [1.165, 1.54) is 32.1 Å². The second kappa shape index (κ2) is 13.3. The molecule has 0 N–H and O–H groups in total. The molecule has 1 aromatic carbocycles. The zero-order chi connectivity index (χ0) is 26.0. The van der Waals surface area contributed by atoms with Gasteiger partial charge in [-0.1, -0.05) is 81.0 Å². The molecule has 0 aliphatic heterocycles. The number of hydrogen-bond acceptors (Lipinski definition) is 5. The van der Waals surface area contributed by atoms with E-state index in [0.717, 1.165) is 54.5 Å². The lowest BCUT2D eigenvalue weighted by atomic mass is 10.1. The zero-order valence-corrected chi connectivity index (χ0v) is 22.4. The van der Waals surface area contributed by atoms with Crippen LogP contribution >= 0.6 is 11.6 Å². The molecule has 0 aliphatic carbocycles. The molecule has 3 aromatic heterocycles. The van der Waals surface area contributed by atoms with Gasteiger partial charge in [0.1, 0.15) is 11.5 Å². The molecule has 0 amide bonds. The Morgan fingerprint density at radius 3 is 2.49 bits per heavy atom. The maximum Gasteiger partial charge on any atom is 0.351 e. The smallest absolute Gasteiger partial charge is 0.351 e. The molecule has 7 nitrogen and oxygen atoms in total. The maximum atomic E-state index is 12.8. The van der Waals surface area contributed by atoms with E-state index in [0.29, 0.717) is 16.4 Å². The largest absolute Gasteiger partial charge is 0.441 e. The van der Waals surface area contributed by atoms with Crippen molar-refractivity contribution in [2.24, 2.45) is 0 Å². The number of aryl methyl sites for hydroxylation is 1. The third-order valence-corrected chi connectivity index (χ3v) is 6.57. The Kier molecular flexibility index (Phi) is 9.56. The number of fused-ring (bicyclic) bond motifs is 1. The van der Waals surface area contributed by atoms with Gasteiger partial charge in [-0.15, -0.1) is 5.10 Å². The molecule has 0 atom stereocenters. The first kappa shape index (κ1) is 26.7. The summed E-state index contributed by atoms with van der Waals surface area (Å²) < 4.78 is 9.26. The van der Waals surface area contributed by atoms with Crippen molar-refractivity contribution in [3.05, 3.63) is 69.2 Å². The molecule has 4 aromatic rings. The summed E-state index contributed by atoms with van der Waals surface area (Å²) in [6.07, 6.45) is 14.5. The number of unbranched alkanes of at least 4 members (excludes halogenated alkanes) is 7. The Morgan fingerprint density at radius 1 is 0.973 bits per heavy atom. The predicted molar refractivity (Wildman–Crippen MR) is 147 cm³/mol. The van der Waals surface area contributed by atoms with E-state index >= 15 is 0 Å². The molecule has 0 bridgehead atoms. The van der Waals surface area contributed by atoms with Crippen LogP contribution in [0.15, 0.2) is 45.9 Å². The first-order chi connectivity index (χ1) is 18.1. The van der Waals surface area contributed by atoms with Gasteiger partial charge in [-0.05, 0) is 37.1 Å². The van der Waals surface area contributed by atoms with Crippen molar-refractivity contribution in [1.29, 1.82) is 0 Å². The number of hydrogen-bond donors (Lipinski definition) is 0. The van der Waals surface area contributed by atoms with Crippen molar-refractivity contribution in [2.45, 2.75) is 84.6 Å². The van der Waals surface area contributed by atoms with Gasteiger partial charge in [0.15, 0.2) is 0 Å². The minimum atomic E-state index is -0.390. The third-order valence-electron chi connectivity index (χ3n) is 6.32. The number of aromatic nitrogens is 5. The van der Waals surface area contributed by atoms with E-state index in [4.69, 9.17) is 16.0 Å². The Balaban J connectivity index is 1.60. The van der Waals surface area contributed by atoms with Crippen molar-refractivity contribution >= 4 is 22.7 Å². The lowest BCUT2D eigenvalue weighted by Crippen LogP contribution is -2.22.